The van der Waals surface area contributed by atoms with Gasteiger partial charge in [0.2, 0.25) is 0 Å². The molecule has 0 fully saturated rings. The Morgan fingerprint density at radius 2 is 2.00 bits per heavy atom. The summed E-state index contributed by atoms with van der Waals surface area (Å²) in [5, 5.41) is 4.23. The molecule has 0 amide bonds. The summed E-state index contributed by atoms with van der Waals surface area (Å²) in [6.45, 7) is 6.38. The second-order valence-corrected chi connectivity index (χ2v) is 4.19. The van der Waals surface area contributed by atoms with Crippen LogP contribution in [0.15, 0.2) is 18.5 Å². The highest BCUT2D eigenvalue weighted by atomic mass is 16.5. The highest BCUT2D eigenvalue weighted by molar-refractivity contribution is 5.87. The molecule has 0 aliphatic heterocycles. The molecule has 0 saturated heterocycles. The van der Waals surface area contributed by atoms with Crippen LogP contribution in [-0.4, -0.2) is 32.3 Å². The lowest BCUT2D eigenvalue weighted by Crippen LogP contribution is -2.09. The molecule has 2 rings (SSSR count). The van der Waals surface area contributed by atoms with Crippen molar-refractivity contribution in [1.82, 2.24) is 19.7 Å². The van der Waals surface area contributed by atoms with E-state index in [4.69, 9.17) is 4.74 Å². The van der Waals surface area contributed by atoms with E-state index in [0.29, 0.717) is 18.8 Å². The number of carbonyl (C=O) groups excluding carboxylic acids is 1. The van der Waals surface area contributed by atoms with Gasteiger partial charge in [0.25, 0.3) is 0 Å². The molecule has 0 unspecified atom stereocenters. The van der Waals surface area contributed by atoms with Crippen LogP contribution in [-0.2, 0) is 11.3 Å². The van der Waals surface area contributed by atoms with Crippen LogP contribution in [0, 0.1) is 13.8 Å². The molecule has 6 heteroatoms. The molecule has 0 saturated carbocycles. The topological polar surface area (TPSA) is 69.9 Å². The van der Waals surface area contributed by atoms with Gasteiger partial charge >= 0.3 is 5.97 Å². The minimum absolute atomic E-state index is 0.326. The first-order chi connectivity index (χ1) is 9.10. The molecule has 0 aromatic carbocycles. The third kappa shape index (κ3) is 3.15. The van der Waals surface area contributed by atoms with Gasteiger partial charge in [-0.25, -0.2) is 14.8 Å². The lowest BCUT2D eigenvalue weighted by atomic mass is 10.3. The fraction of sp³-hybridized carbons (Fsp3) is 0.385. The molecule has 2 heterocycles. The van der Waals surface area contributed by atoms with Gasteiger partial charge in [-0.05, 0) is 26.8 Å². The zero-order valence-electron chi connectivity index (χ0n) is 11.3. The number of nitrogens with zero attached hydrogens (tertiary/aromatic N) is 4. The van der Waals surface area contributed by atoms with Gasteiger partial charge in [-0.3, -0.25) is 4.68 Å². The van der Waals surface area contributed by atoms with E-state index in [1.807, 2.05) is 13.8 Å². The first-order valence-corrected chi connectivity index (χ1v) is 6.09. The zero-order chi connectivity index (χ0) is 13.8. The van der Waals surface area contributed by atoms with E-state index >= 15 is 0 Å². The minimum Gasteiger partial charge on any atom is -0.461 e. The molecule has 0 spiro atoms. The van der Waals surface area contributed by atoms with Crippen LogP contribution < -0.4 is 0 Å². The van der Waals surface area contributed by atoms with Gasteiger partial charge in [-0.2, -0.15) is 5.10 Å². The van der Waals surface area contributed by atoms with Crippen molar-refractivity contribution in [3.63, 3.8) is 0 Å². The third-order valence-corrected chi connectivity index (χ3v) is 2.63. The Morgan fingerprint density at radius 3 is 2.63 bits per heavy atom. The summed E-state index contributed by atoms with van der Waals surface area (Å²) in [7, 11) is 0. The molecular weight excluding hydrogens is 244 g/mol. The van der Waals surface area contributed by atoms with Crippen molar-refractivity contribution in [1.29, 1.82) is 0 Å². The first kappa shape index (κ1) is 13.2. The van der Waals surface area contributed by atoms with Gasteiger partial charge in [0.1, 0.15) is 5.82 Å². The number of aryl methyl sites for hydroxylation is 2. The zero-order valence-corrected chi connectivity index (χ0v) is 11.3. The van der Waals surface area contributed by atoms with Gasteiger partial charge in [0.05, 0.1) is 13.2 Å². The van der Waals surface area contributed by atoms with Gasteiger partial charge in [0, 0.05) is 23.7 Å². The number of hydrogen-bond donors (Lipinski definition) is 0. The molecule has 0 aliphatic carbocycles. The Hall–Kier alpha value is -2.24. The molecule has 6 nitrogen and oxygen atoms in total. The second-order valence-electron chi connectivity index (χ2n) is 4.19. The Morgan fingerprint density at radius 1 is 1.32 bits per heavy atom. The lowest BCUT2D eigenvalue weighted by Gasteiger charge is -2.03. The van der Waals surface area contributed by atoms with E-state index in [-0.39, 0.29) is 0 Å². The van der Waals surface area contributed by atoms with E-state index in [0.717, 1.165) is 17.1 Å². The monoisotopic (exact) mass is 260 g/mol. The van der Waals surface area contributed by atoms with Crippen LogP contribution in [0.25, 0.3) is 0 Å². The van der Waals surface area contributed by atoms with Gasteiger partial charge in [-0.1, -0.05) is 0 Å². The van der Waals surface area contributed by atoms with E-state index in [1.165, 1.54) is 0 Å². The van der Waals surface area contributed by atoms with Crippen LogP contribution in [0.1, 0.15) is 34.5 Å². The average Bonchev–Trinajstić information content (AvgIpc) is 2.74. The predicted octanol–water partition coefficient (Wildman–Crippen LogP) is 1.51. The Kier molecular flexibility index (Phi) is 3.89. The van der Waals surface area contributed by atoms with Crippen LogP contribution in [0.3, 0.4) is 0 Å². The summed E-state index contributed by atoms with van der Waals surface area (Å²) in [5.41, 5.74) is 2.16. The van der Waals surface area contributed by atoms with Crippen LogP contribution in [0.4, 0.5) is 0 Å². The standard InChI is InChI=1S/C13H16N4O2/c1-4-19-13(18)12-5-9(2)17(16-12)8-11-6-14-10(3)15-7-11/h5-7H,4,8H2,1-3H3. The van der Waals surface area contributed by atoms with Crippen molar-refractivity contribution in [2.75, 3.05) is 6.61 Å². The number of rotatable bonds is 4. The molecule has 0 atom stereocenters. The quantitative estimate of drug-likeness (QED) is 0.779. The fourth-order valence-electron chi connectivity index (χ4n) is 1.65. The maximum absolute atomic E-state index is 11.6. The Bertz CT molecular complexity index is 575. The molecule has 19 heavy (non-hydrogen) atoms. The number of ether oxygens (including phenoxy) is 1. The molecule has 0 N–H and O–H groups in total. The van der Waals surface area contributed by atoms with E-state index in [9.17, 15) is 4.79 Å². The highest BCUT2D eigenvalue weighted by Crippen LogP contribution is 2.08. The smallest absolute Gasteiger partial charge is 0.358 e. The van der Waals surface area contributed by atoms with Crippen LogP contribution >= 0.6 is 0 Å². The van der Waals surface area contributed by atoms with E-state index < -0.39 is 5.97 Å². The van der Waals surface area contributed by atoms with Gasteiger partial charge in [-0.15, -0.1) is 0 Å². The number of aromatic nitrogens is 4. The summed E-state index contributed by atoms with van der Waals surface area (Å²) in [5.74, 6) is 0.331. The summed E-state index contributed by atoms with van der Waals surface area (Å²) in [6.07, 6.45) is 3.51. The number of esters is 1. The van der Waals surface area contributed by atoms with Crippen molar-refractivity contribution in [2.45, 2.75) is 27.3 Å². The normalized spacial score (nSPS) is 10.5. The maximum atomic E-state index is 11.6. The van der Waals surface area contributed by atoms with E-state index in [1.54, 1.807) is 30.1 Å². The van der Waals surface area contributed by atoms with Crippen LogP contribution in [0.5, 0.6) is 0 Å². The summed E-state index contributed by atoms with van der Waals surface area (Å²) in [6, 6.07) is 1.72. The molecule has 2 aromatic rings. The Balaban J connectivity index is 2.17. The maximum Gasteiger partial charge on any atom is 0.358 e. The molecule has 0 bridgehead atoms. The average molecular weight is 260 g/mol. The van der Waals surface area contributed by atoms with Crippen molar-refractivity contribution in [3.8, 4) is 0 Å². The molecule has 0 aliphatic rings. The second kappa shape index (κ2) is 5.60. The fourth-order valence-corrected chi connectivity index (χ4v) is 1.65. The number of carbonyl (C=O) groups is 1. The molecule has 100 valence electrons. The van der Waals surface area contributed by atoms with Gasteiger partial charge in [0.15, 0.2) is 5.69 Å². The van der Waals surface area contributed by atoms with Crippen molar-refractivity contribution >= 4 is 5.97 Å². The lowest BCUT2D eigenvalue weighted by molar-refractivity contribution is 0.0518. The molecule has 0 radical (unpaired) electrons. The van der Waals surface area contributed by atoms with Crippen molar-refractivity contribution in [3.05, 3.63) is 41.2 Å². The Labute approximate surface area is 111 Å². The molecule has 2 aromatic heterocycles. The largest absolute Gasteiger partial charge is 0.461 e. The van der Waals surface area contributed by atoms with Crippen molar-refractivity contribution < 1.29 is 9.53 Å². The van der Waals surface area contributed by atoms with E-state index in [2.05, 4.69) is 15.1 Å². The minimum atomic E-state index is -0.399. The SMILES string of the molecule is CCOC(=O)c1cc(C)n(Cc2cnc(C)nc2)n1. The number of hydrogen-bond acceptors (Lipinski definition) is 5. The summed E-state index contributed by atoms with van der Waals surface area (Å²) >= 11 is 0. The first-order valence-electron chi connectivity index (χ1n) is 6.09. The summed E-state index contributed by atoms with van der Waals surface area (Å²) in [4.78, 5) is 19.8. The van der Waals surface area contributed by atoms with Gasteiger partial charge < -0.3 is 4.74 Å². The predicted molar refractivity (Wildman–Crippen MR) is 68.8 cm³/mol. The summed E-state index contributed by atoms with van der Waals surface area (Å²) < 4.78 is 6.66. The highest BCUT2D eigenvalue weighted by Gasteiger charge is 2.13. The molecular formula is C13H16N4O2. The van der Waals surface area contributed by atoms with Crippen molar-refractivity contribution in [2.24, 2.45) is 0 Å². The third-order valence-electron chi connectivity index (χ3n) is 2.63. The van der Waals surface area contributed by atoms with Crippen LogP contribution in [0.2, 0.25) is 0 Å².